The normalized spacial score (nSPS) is 15.4. The van der Waals surface area contributed by atoms with Crippen molar-refractivity contribution in [2.75, 3.05) is 6.54 Å². The fourth-order valence-electron chi connectivity index (χ4n) is 0.755. The van der Waals surface area contributed by atoms with Crippen LogP contribution in [-0.2, 0) is 4.79 Å². The third kappa shape index (κ3) is 2.14. The lowest BCUT2D eigenvalue weighted by Crippen LogP contribution is -2.36. The number of rotatable bonds is 2. The van der Waals surface area contributed by atoms with Crippen LogP contribution in [0.4, 0.5) is 0 Å². The standard InChI is InChI=1S/C7H11N3O/c1-5(2)10-7(11)6-3-8-4-9-6/h4-5H,3H2,1-2H3,(H,10,11). The molecule has 1 aliphatic heterocycles. The fraction of sp³-hybridized carbons (Fsp3) is 0.571. The zero-order valence-electron chi connectivity index (χ0n) is 6.66. The molecule has 1 heterocycles. The SMILES string of the molecule is CC(C)NC(=O)C1=NC=NC1. The highest BCUT2D eigenvalue weighted by atomic mass is 16.2. The molecule has 0 aliphatic carbocycles. The Hall–Kier alpha value is -1.19. The van der Waals surface area contributed by atoms with Crippen LogP contribution >= 0.6 is 0 Å². The fourth-order valence-corrected chi connectivity index (χ4v) is 0.755. The second kappa shape index (κ2) is 3.27. The highest BCUT2D eigenvalue weighted by molar-refractivity contribution is 6.41. The van der Waals surface area contributed by atoms with Crippen LogP contribution in [0.3, 0.4) is 0 Å². The maximum absolute atomic E-state index is 11.1. The van der Waals surface area contributed by atoms with E-state index in [0.717, 1.165) is 0 Å². The first kappa shape index (κ1) is 7.91. The van der Waals surface area contributed by atoms with Crippen molar-refractivity contribution in [1.29, 1.82) is 0 Å². The number of hydrogen-bond donors (Lipinski definition) is 1. The first-order valence-corrected chi connectivity index (χ1v) is 3.56. The molecular weight excluding hydrogens is 142 g/mol. The van der Waals surface area contributed by atoms with Crippen LogP contribution in [0.1, 0.15) is 13.8 Å². The van der Waals surface area contributed by atoms with E-state index in [1.807, 2.05) is 13.8 Å². The smallest absolute Gasteiger partial charge is 0.267 e. The van der Waals surface area contributed by atoms with E-state index < -0.39 is 0 Å². The van der Waals surface area contributed by atoms with Crippen molar-refractivity contribution in [3.05, 3.63) is 0 Å². The lowest BCUT2D eigenvalue weighted by Gasteiger charge is -2.06. The summed E-state index contributed by atoms with van der Waals surface area (Å²) < 4.78 is 0. The van der Waals surface area contributed by atoms with Gasteiger partial charge in [-0.05, 0) is 13.8 Å². The summed E-state index contributed by atoms with van der Waals surface area (Å²) in [7, 11) is 0. The number of carbonyl (C=O) groups is 1. The summed E-state index contributed by atoms with van der Waals surface area (Å²) in [5.74, 6) is -0.113. The van der Waals surface area contributed by atoms with Gasteiger partial charge in [0.15, 0.2) is 0 Å². The predicted octanol–water partition coefficient (Wildman–Crippen LogP) is -0.00610. The van der Waals surface area contributed by atoms with Gasteiger partial charge >= 0.3 is 0 Å². The number of hydrogen-bond acceptors (Lipinski definition) is 3. The van der Waals surface area contributed by atoms with E-state index >= 15 is 0 Å². The summed E-state index contributed by atoms with van der Waals surface area (Å²) in [5, 5.41) is 2.73. The molecule has 4 nitrogen and oxygen atoms in total. The molecule has 0 spiro atoms. The van der Waals surface area contributed by atoms with Crippen LogP contribution < -0.4 is 5.32 Å². The molecule has 60 valence electrons. The van der Waals surface area contributed by atoms with Gasteiger partial charge in [-0.2, -0.15) is 0 Å². The zero-order valence-corrected chi connectivity index (χ0v) is 6.66. The van der Waals surface area contributed by atoms with Crippen molar-refractivity contribution in [2.45, 2.75) is 19.9 Å². The van der Waals surface area contributed by atoms with Gasteiger partial charge in [-0.25, -0.2) is 4.99 Å². The average Bonchev–Trinajstić information content (AvgIpc) is 2.35. The summed E-state index contributed by atoms with van der Waals surface area (Å²) in [6.07, 6.45) is 1.41. The maximum Gasteiger partial charge on any atom is 0.267 e. The molecule has 0 fully saturated rings. The molecule has 1 aliphatic rings. The third-order valence-corrected chi connectivity index (χ3v) is 1.22. The molecule has 0 aromatic carbocycles. The van der Waals surface area contributed by atoms with Crippen molar-refractivity contribution in [3.63, 3.8) is 0 Å². The maximum atomic E-state index is 11.1. The van der Waals surface area contributed by atoms with Gasteiger partial charge in [0.05, 0.1) is 6.54 Å². The molecular formula is C7H11N3O. The van der Waals surface area contributed by atoms with Gasteiger partial charge in [0.2, 0.25) is 0 Å². The number of nitrogens with one attached hydrogen (secondary N) is 1. The van der Waals surface area contributed by atoms with Crippen molar-refractivity contribution in [3.8, 4) is 0 Å². The number of aliphatic imine (C=N–C) groups is 2. The number of amides is 1. The Bertz CT molecular complexity index is 218. The third-order valence-electron chi connectivity index (χ3n) is 1.22. The van der Waals surface area contributed by atoms with Crippen LogP contribution in [0.25, 0.3) is 0 Å². The van der Waals surface area contributed by atoms with Gasteiger partial charge in [0, 0.05) is 6.04 Å². The minimum atomic E-state index is -0.113. The van der Waals surface area contributed by atoms with Crippen molar-refractivity contribution in [1.82, 2.24) is 5.32 Å². The van der Waals surface area contributed by atoms with Crippen LogP contribution in [0.15, 0.2) is 9.98 Å². The molecule has 0 bridgehead atoms. The predicted molar refractivity (Wildman–Crippen MR) is 44.1 cm³/mol. The summed E-state index contributed by atoms with van der Waals surface area (Å²) in [4.78, 5) is 18.7. The Kier molecular flexibility index (Phi) is 2.36. The van der Waals surface area contributed by atoms with Gasteiger partial charge in [0.25, 0.3) is 5.91 Å². The van der Waals surface area contributed by atoms with Crippen molar-refractivity contribution < 1.29 is 4.79 Å². The van der Waals surface area contributed by atoms with Gasteiger partial charge < -0.3 is 5.32 Å². The van der Waals surface area contributed by atoms with Crippen LogP contribution in [0.2, 0.25) is 0 Å². The molecule has 0 saturated carbocycles. The summed E-state index contributed by atoms with van der Waals surface area (Å²) in [6.45, 7) is 4.24. The van der Waals surface area contributed by atoms with Crippen molar-refractivity contribution >= 4 is 18.0 Å². The largest absolute Gasteiger partial charge is 0.349 e. The van der Waals surface area contributed by atoms with E-state index in [1.165, 1.54) is 6.34 Å². The summed E-state index contributed by atoms with van der Waals surface area (Å²) in [6, 6.07) is 0.158. The Morgan fingerprint density at radius 3 is 2.91 bits per heavy atom. The van der Waals surface area contributed by atoms with E-state index in [9.17, 15) is 4.79 Å². The Morgan fingerprint density at radius 1 is 1.73 bits per heavy atom. The lowest BCUT2D eigenvalue weighted by atomic mass is 10.3. The monoisotopic (exact) mass is 153 g/mol. The van der Waals surface area contributed by atoms with Gasteiger partial charge in [0.1, 0.15) is 12.1 Å². The topological polar surface area (TPSA) is 53.8 Å². The van der Waals surface area contributed by atoms with Gasteiger partial charge in [-0.1, -0.05) is 0 Å². The molecule has 4 heteroatoms. The lowest BCUT2D eigenvalue weighted by molar-refractivity contribution is -0.115. The van der Waals surface area contributed by atoms with Crippen LogP contribution in [-0.4, -0.2) is 30.5 Å². The van der Waals surface area contributed by atoms with E-state index in [-0.39, 0.29) is 11.9 Å². The Labute approximate surface area is 65.4 Å². The molecule has 0 aromatic heterocycles. The Balaban J connectivity index is 2.43. The molecule has 1 N–H and O–H groups in total. The summed E-state index contributed by atoms with van der Waals surface area (Å²) >= 11 is 0. The van der Waals surface area contributed by atoms with E-state index in [2.05, 4.69) is 15.3 Å². The van der Waals surface area contributed by atoms with Crippen LogP contribution in [0.5, 0.6) is 0 Å². The minimum absolute atomic E-state index is 0.113. The number of carbonyl (C=O) groups excluding carboxylic acids is 1. The first-order valence-electron chi connectivity index (χ1n) is 3.56. The molecule has 0 atom stereocenters. The van der Waals surface area contributed by atoms with Crippen LogP contribution in [0, 0.1) is 0 Å². The van der Waals surface area contributed by atoms with Crippen molar-refractivity contribution in [2.24, 2.45) is 9.98 Å². The van der Waals surface area contributed by atoms with Gasteiger partial charge in [-0.3, -0.25) is 9.79 Å². The van der Waals surface area contributed by atoms with E-state index in [0.29, 0.717) is 12.3 Å². The number of nitrogens with zero attached hydrogens (tertiary/aromatic N) is 2. The molecule has 0 unspecified atom stereocenters. The molecule has 1 rings (SSSR count). The minimum Gasteiger partial charge on any atom is -0.349 e. The van der Waals surface area contributed by atoms with E-state index in [1.54, 1.807) is 0 Å². The first-order chi connectivity index (χ1) is 5.20. The molecule has 0 aromatic rings. The molecule has 1 amide bonds. The highest BCUT2D eigenvalue weighted by Gasteiger charge is 2.12. The second-order valence-corrected chi connectivity index (χ2v) is 2.66. The van der Waals surface area contributed by atoms with Gasteiger partial charge in [-0.15, -0.1) is 0 Å². The molecule has 0 radical (unpaired) electrons. The van der Waals surface area contributed by atoms with E-state index in [4.69, 9.17) is 0 Å². The molecule has 0 saturated heterocycles. The highest BCUT2D eigenvalue weighted by Crippen LogP contribution is 1.89. The quantitative estimate of drug-likeness (QED) is 0.596. The Morgan fingerprint density at radius 2 is 2.45 bits per heavy atom. The summed E-state index contributed by atoms with van der Waals surface area (Å²) in [5.41, 5.74) is 0.499. The second-order valence-electron chi connectivity index (χ2n) is 2.66. The average molecular weight is 153 g/mol. The molecule has 11 heavy (non-hydrogen) atoms. The zero-order chi connectivity index (χ0) is 8.27.